The van der Waals surface area contributed by atoms with Gasteiger partial charge in [0.05, 0.1) is 33.9 Å². The highest BCUT2D eigenvalue weighted by molar-refractivity contribution is 6.37. The van der Waals surface area contributed by atoms with Crippen LogP contribution in [-0.2, 0) is 11.3 Å². The number of nitrogens with zero attached hydrogens (tertiary/aromatic N) is 3. The Kier molecular flexibility index (Phi) is 7.44. The zero-order chi connectivity index (χ0) is 23.2. The van der Waals surface area contributed by atoms with Crippen molar-refractivity contribution in [3.63, 3.8) is 0 Å². The molecule has 0 bridgehead atoms. The maximum absolute atomic E-state index is 10.9. The Morgan fingerprint density at radius 3 is 2.42 bits per heavy atom. The lowest BCUT2D eigenvalue weighted by Crippen LogP contribution is -2.36. The van der Waals surface area contributed by atoms with E-state index in [-0.39, 0.29) is 12.3 Å². The van der Waals surface area contributed by atoms with E-state index in [1.165, 1.54) is 12.1 Å². The van der Waals surface area contributed by atoms with E-state index >= 15 is 0 Å². The van der Waals surface area contributed by atoms with Crippen molar-refractivity contribution < 1.29 is 14.4 Å². The highest BCUT2D eigenvalue weighted by atomic mass is 35.5. The minimum atomic E-state index is -0.451. The van der Waals surface area contributed by atoms with Crippen LogP contribution in [0.5, 0.6) is 5.75 Å². The molecule has 170 valence electrons. The van der Waals surface area contributed by atoms with Gasteiger partial charge in [0.15, 0.2) is 5.75 Å². The number of anilines is 1. The molecule has 7 nitrogen and oxygen atoms in total. The van der Waals surface area contributed by atoms with Crippen molar-refractivity contribution in [2.24, 2.45) is 4.99 Å². The molecule has 1 fully saturated rings. The lowest BCUT2D eigenvalue weighted by atomic mass is 10.2. The summed E-state index contributed by atoms with van der Waals surface area (Å²) in [5.41, 5.74) is 3.32. The van der Waals surface area contributed by atoms with Crippen LogP contribution in [0.1, 0.15) is 11.1 Å². The van der Waals surface area contributed by atoms with Gasteiger partial charge in [-0.2, -0.15) is 0 Å². The number of nitro benzene ring substituents is 1. The molecule has 0 spiro atoms. The van der Waals surface area contributed by atoms with Crippen molar-refractivity contribution in [2.75, 3.05) is 31.2 Å². The third-order valence-electron chi connectivity index (χ3n) is 5.11. The molecule has 0 saturated carbocycles. The largest absolute Gasteiger partial charge is 0.486 e. The van der Waals surface area contributed by atoms with Crippen LogP contribution >= 0.6 is 23.2 Å². The van der Waals surface area contributed by atoms with Gasteiger partial charge in [0.1, 0.15) is 6.61 Å². The van der Waals surface area contributed by atoms with Crippen molar-refractivity contribution in [2.45, 2.75) is 6.61 Å². The van der Waals surface area contributed by atoms with E-state index in [1.807, 2.05) is 24.3 Å². The second-order valence-electron chi connectivity index (χ2n) is 7.40. The Hall–Kier alpha value is -3.13. The molecule has 9 heteroatoms. The first kappa shape index (κ1) is 23.0. The highest BCUT2D eigenvalue weighted by Crippen LogP contribution is 2.35. The fourth-order valence-corrected chi connectivity index (χ4v) is 4.04. The Bertz CT molecular complexity index is 1140. The number of halogens is 2. The van der Waals surface area contributed by atoms with Crippen LogP contribution in [0.4, 0.5) is 17.1 Å². The first-order chi connectivity index (χ1) is 16.0. The molecule has 0 aliphatic carbocycles. The van der Waals surface area contributed by atoms with E-state index < -0.39 is 4.92 Å². The number of hydrogen-bond acceptors (Lipinski definition) is 6. The van der Waals surface area contributed by atoms with Crippen LogP contribution in [0.15, 0.2) is 65.7 Å². The highest BCUT2D eigenvalue weighted by Gasteiger charge is 2.12. The molecule has 4 rings (SSSR count). The predicted molar refractivity (Wildman–Crippen MR) is 131 cm³/mol. The second-order valence-corrected chi connectivity index (χ2v) is 8.22. The second kappa shape index (κ2) is 10.7. The van der Waals surface area contributed by atoms with Gasteiger partial charge in [0.2, 0.25) is 0 Å². The normalized spacial score (nSPS) is 13.9. The Morgan fingerprint density at radius 2 is 1.76 bits per heavy atom. The van der Waals surface area contributed by atoms with Crippen LogP contribution < -0.4 is 9.64 Å². The molecule has 33 heavy (non-hydrogen) atoms. The van der Waals surface area contributed by atoms with Gasteiger partial charge >= 0.3 is 0 Å². The first-order valence-electron chi connectivity index (χ1n) is 10.3. The molecule has 0 aromatic heterocycles. The SMILES string of the molecule is O=[N+]([O-])c1cccc(COc2c(Cl)cc(C=Nc3ccc(N4CCOCC4)cc3)cc2Cl)c1. The molecule has 3 aromatic carbocycles. The minimum Gasteiger partial charge on any atom is -0.486 e. The molecule has 0 amide bonds. The molecule has 1 aliphatic heterocycles. The van der Waals surface area contributed by atoms with Gasteiger partial charge in [0, 0.05) is 37.1 Å². The average molecular weight is 486 g/mol. The smallest absolute Gasteiger partial charge is 0.269 e. The summed E-state index contributed by atoms with van der Waals surface area (Å²) in [5, 5.41) is 11.6. The van der Waals surface area contributed by atoms with Crippen molar-refractivity contribution in [3.05, 3.63) is 92.0 Å². The molecular weight excluding hydrogens is 465 g/mol. The van der Waals surface area contributed by atoms with Crippen molar-refractivity contribution in [1.82, 2.24) is 0 Å². The number of benzene rings is 3. The summed E-state index contributed by atoms with van der Waals surface area (Å²) in [5.74, 6) is 0.317. The quantitative estimate of drug-likeness (QED) is 0.230. The van der Waals surface area contributed by atoms with Gasteiger partial charge < -0.3 is 14.4 Å². The van der Waals surface area contributed by atoms with Gasteiger partial charge in [-0.05, 0) is 47.5 Å². The fraction of sp³-hybridized carbons (Fsp3) is 0.208. The minimum absolute atomic E-state index is 0.00201. The number of aliphatic imine (C=N–C) groups is 1. The third kappa shape index (κ3) is 6.01. The van der Waals surface area contributed by atoms with Crippen molar-refractivity contribution in [3.8, 4) is 5.75 Å². The topological polar surface area (TPSA) is 77.2 Å². The van der Waals surface area contributed by atoms with Gasteiger partial charge in [0.25, 0.3) is 5.69 Å². The number of ether oxygens (including phenoxy) is 2. The van der Waals surface area contributed by atoms with E-state index in [1.54, 1.807) is 30.5 Å². The molecule has 1 saturated heterocycles. The maximum atomic E-state index is 10.9. The molecule has 0 atom stereocenters. The van der Waals surface area contributed by atoms with E-state index in [4.69, 9.17) is 32.7 Å². The third-order valence-corrected chi connectivity index (χ3v) is 5.68. The zero-order valence-electron chi connectivity index (χ0n) is 17.6. The Labute approximate surface area is 201 Å². The van der Waals surface area contributed by atoms with Crippen molar-refractivity contribution in [1.29, 1.82) is 0 Å². The van der Waals surface area contributed by atoms with E-state index in [9.17, 15) is 10.1 Å². The lowest BCUT2D eigenvalue weighted by molar-refractivity contribution is -0.384. The van der Waals surface area contributed by atoms with Crippen LogP contribution in [0.2, 0.25) is 10.0 Å². The first-order valence-corrected chi connectivity index (χ1v) is 11.1. The van der Waals surface area contributed by atoms with Gasteiger partial charge in [-0.25, -0.2) is 0 Å². The lowest BCUT2D eigenvalue weighted by Gasteiger charge is -2.28. The number of hydrogen-bond donors (Lipinski definition) is 0. The zero-order valence-corrected chi connectivity index (χ0v) is 19.1. The summed E-state index contributed by atoms with van der Waals surface area (Å²) >= 11 is 12.8. The molecule has 0 unspecified atom stereocenters. The molecular formula is C24H21Cl2N3O4. The number of nitro groups is 1. The predicted octanol–water partition coefficient (Wildman–Crippen LogP) is 6.07. The van der Waals surface area contributed by atoms with Gasteiger partial charge in [-0.1, -0.05) is 35.3 Å². The van der Waals surface area contributed by atoms with Crippen LogP contribution in [-0.4, -0.2) is 37.4 Å². The molecule has 0 N–H and O–H groups in total. The van der Waals surface area contributed by atoms with Gasteiger partial charge in [-0.3, -0.25) is 15.1 Å². The monoisotopic (exact) mass is 485 g/mol. The maximum Gasteiger partial charge on any atom is 0.269 e. The van der Waals surface area contributed by atoms with E-state index in [0.29, 0.717) is 21.4 Å². The summed E-state index contributed by atoms with van der Waals surface area (Å²) in [6.07, 6.45) is 1.69. The van der Waals surface area contributed by atoms with Gasteiger partial charge in [-0.15, -0.1) is 0 Å². The summed E-state index contributed by atoms with van der Waals surface area (Å²) < 4.78 is 11.1. The van der Waals surface area contributed by atoms with E-state index in [0.717, 1.165) is 43.2 Å². The van der Waals surface area contributed by atoms with E-state index in [2.05, 4.69) is 9.89 Å². The number of morpholine rings is 1. The molecule has 3 aromatic rings. The van der Waals surface area contributed by atoms with Crippen LogP contribution in [0, 0.1) is 10.1 Å². The Balaban J connectivity index is 1.42. The standard InChI is InChI=1S/C24H21Cl2N3O4/c25-22-13-18(15-27-19-4-6-20(7-5-19)28-8-10-32-11-9-28)14-23(26)24(22)33-16-17-2-1-3-21(12-17)29(30)31/h1-7,12-15H,8-11,16H2. The summed E-state index contributed by atoms with van der Waals surface area (Å²) in [7, 11) is 0. The summed E-state index contributed by atoms with van der Waals surface area (Å²) in [6.45, 7) is 3.35. The number of rotatable bonds is 7. The van der Waals surface area contributed by atoms with Crippen LogP contribution in [0.25, 0.3) is 0 Å². The molecule has 1 aliphatic rings. The molecule has 0 radical (unpaired) electrons. The molecule has 1 heterocycles. The fourth-order valence-electron chi connectivity index (χ4n) is 3.43. The van der Waals surface area contributed by atoms with Crippen LogP contribution in [0.3, 0.4) is 0 Å². The number of non-ortho nitro benzene ring substituents is 1. The Morgan fingerprint density at radius 1 is 1.06 bits per heavy atom. The van der Waals surface area contributed by atoms with Crippen molar-refractivity contribution >= 4 is 46.5 Å². The average Bonchev–Trinajstić information content (AvgIpc) is 2.83. The summed E-state index contributed by atoms with van der Waals surface area (Å²) in [6, 6.07) is 17.6. The summed E-state index contributed by atoms with van der Waals surface area (Å²) in [4.78, 5) is 17.3.